The van der Waals surface area contributed by atoms with Gasteiger partial charge < -0.3 is 10.0 Å². The second kappa shape index (κ2) is 4.93. The summed E-state index contributed by atoms with van der Waals surface area (Å²) in [6.07, 6.45) is 2.72. The molecule has 2 atom stereocenters. The molecule has 1 saturated carbocycles. The van der Waals surface area contributed by atoms with Crippen LogP contribution in [0.15, 0.2) is 18.2 Å². The highest BCUT2D eigenvalue weighted by atomic mass is 16.4. The lowest BCUT2D eigenvalue weighted by atomic mass is 10.0. The van der Waals surface area contributed by atoms with Gasteiger partial charge in [-0.2, -0.15) is 0 Å². The first-order valence-corrected chi connectivity index (χ1v) is 7.20. The molecule has 1 heterocycles. The Hall–Kier alpha value is -1.84. The number of fused-ring (bicyclic) bond motifs is 1. The standard InChI is InChI=1S/C16H19NO3/c1-10-2-5-14-11(8-10)6-7-17(14)15(18)12-3-4-13(9-12)16(19)20/h2,5,8,12-13H,3-4,6-7,9H2,1H3,(H,19,20)/t12-,13+/m1/s1. The Morgan fingerprint density at radius 2 is 2.00 bits per heavy atom. The van der Waals surface area contributed by atoms with Gasteiger partial charge in [0.15, 0.2) is 0 Å². The van der Waals surface area contributed by atoms with Crippen molar-refractivity contribution in [3.8, 4) is 0 Å². The molecular formula is C16H19NO3. The zero-order valence-corrected chi connectivity index (χ0v) is 11.6. The molecule has 1 aromatic carbocycles. The van der Waals surface area contributed by atoms with Gasteiger partial charge in [-0.3, -0.25) is 9.59 Å². The third-order valence-corrected chi connectivity index (χ3v) is 4.53. The van der Waals surface area contributed by atoms with Crippen LogP contribution in [0.25, 0.3) is 0 Å². The predicted molar refractivity (Wildman–Crippen MR) is 75.7 cm³/mol. The summed E-state index contributed by atoms with van der Waals surface area (Å²) >= 11 is 0. The van der Waals surface area contributed by atoms with Gasteiger partial charge in [-0.15, -0.1) is 0 Å². The molecular weight excluding hydrogens is 254 g/mol. The van der Waals surface area contributed by atoms with E-state index in [9.17, 15) is 9.59 Å². The number of carbonyl (C=O) groups is 2. The molecule has 3 rings (SSSR count). The summed E-state index contributed by atoms with van der Waals surface area (Å²) in [4.78, 5) is 25.4. The Morgan fingerprint density at radius 3 is 2.70 bits per heavy atom. The number of aryl methyl sites for hydroxylation is 1. The van der Waals surface area contributed by atoms with E-state index >= 15 is 0 Å². The highest BCUT2D eigenvalue weighted by Gasteiger charge is 2.37. The Kier molecular flexibility index (Phi) is 3.24. The van der Waals surface area contributed by atoms with Crippen LogP contribution >= 0.6 is 0 Å². The maximum absolute atomic E-state index is 12.6. The number of anilines is 1. The number of hydrogen-bond acceptors (Lipinski definition) is 2. The maximum atomic E-state index is 12.6. The number of carbonyl (C=O) groups excluding carboxylic acids is 1. The predicted octanol–water partition coefficient (Wildman–Crippen LogP) is 2.39. The second-order valence-corrected chi connectivity index (χ2v) is 5.92. The first-order valence-electron chi connectivity index (χ1n) is 7.20. The molecule has 0 radical (unpaired) electrons. The van der Waals surface area contributed by atoms with Gasteiger partial charge in [-0.05, 0) is 44.2 Å². The molecule has 1 aliphatic carbocycles. The molecule has 106 valence electrons. The van der Waals surface area contributed by atoms with Gasteiger partial charge in [0.1, 0.15) is 0 Å². The van der Waals surface area contributed by atoms with Crippen LogP contribution in [0.4, 0.5) is 5.69 Å². The Labute approximate surface area is 118 Å². The SMILES string of the molecule is Cc1ccc2c(c1)CCN2C(=O)[C@@H]1CC[C@H](C(=O)O)C1. The number of aliphatic carboxylic acids is 1. The van der Waals surface area contributed by atoms with E-state index in [1.54, 1.807) is 0 Å². The van der Waals surface area contributed by atoms with Crippen molar-refractivity contribution in [2.75, 3.05) is 11.4 Å². The van der Waals surface area contributed by atoms with Crippen LogP contribution in [0.2, 0.25) is 0 Å². The average molecular weight is 273 g/mol. The van der Waals surface area contributed by atoms with Gasteiger partial charge in [0.2, 0.25) is 5.91 Å². The summed E-state index contributed by atoms with van der Waals surface area (Å²) in [5.41, 5.74) is 3.45. The molecule has 0 aromatic heterocycles. The van der Waals surface area contributed by atoms with Crippen molar-refractivity contribution >= 4 is 17.6 Å². The van der Waals surface area contributed by atoms with E-state index in [1.165, 1.54) is 11.1 Å². The molecule has 1 amide bonds. The van der Waals surface area contributed by atoms with Crippen LogP contribution < -0.4 is 4.90 Å². The molecule has 1 fully saturated rings. The number of amides is 1. The van der Waals surface area contributed by atoms with E-state index in [0.29, 0.717) is 19.3 Å². The third kappa shape index (κ3) is 2.19. The van der Waals surface area contributed by atoms with Gasteiger partial charge in [0.25, 0.3) is 0 Å². The number of nitrogens with zero attached hydrogens (tertiary/aromatic N) is 1. The van der Waals surface area contributed by atoms with E-state index in [2.05, 4.69) is 13.0 Å². The minimum atomic E-state index is -0.766. The third-order valence-electron chi connectivity index (χ3n) is 4.53. The maximum Gasteiger partial charge on any atom is 0.306 e. The number of carboxylic acids is 1. The van der Waals surface area contributed by atoms with Crippen molar-refractivity contribution < 1.29 is 14.7 Å². The molecule has 1 N–H and O–H groups in total. The molecule has 1 aliphatic heterocycles. The van der Waals surface area contributed by atoms with E-state index in [-0.39, 0.29) is 17.7 Å². The molecule has 2 aliphatic rings. The fourth-order valence-electron chi connectivity index (χ4n) is 3.41. The quantitative estimate of drug-likeness (QED) is 0.900. The first-order chi connectivity index (χ1) is 9.56. The monoisotopic (exact) mass is 273 g/mol. The zero-order valence-electron chi connectivity index (χ0n) is 11.6. The van der Waals surface area contributed by atoms with Crippen LogP contribution in [0.5, 0.6) is 0 Å². The summed E-state index contributed by atoms with van der Waals surface area (Å²) in [7, 11) is 0. The lowest BCUT2D eigenvalue weighted by Gasteiger charge is -2.21. The lowest BCUT2D eigenvalue weighted by Crippen LogP contribution is -2.34. The highest BCUT2D eigenvalue weighted by molar-refractivity contribution is 5.97. The molecule has 1 aromatic rings. The normalized spacial score (nSPS) is 24.8. The Bertz CT molecular complexity index is 567. The summed E-state index contributed by atoms with van der Waals surface area (Å²) in [6.45, 7) is 2.78. The summed E-state index contributed by atoms with van der Waals surface area (Å²) in [5, 5.41) is 9.04. The zero-order chi connectivity index (χ0) is 14.3. The fourth-order valence-corrected chi connectivity index (χ4v) is 3.41. The van der Waals surface area contributed by atoms with Gasteiger partial charge in [0.05, 0.1) is 5.92 Å². The lowest BCUT2D eigenvalue weighted by molar-refractivity contribution is -0.141. The van der Waals surface area contributed by atoms with E-state index in [0.717, 1.165) is 18.7 Å². The molecule has 0 saturated heterocycles. The van der Waals surface area contributed by atoms with Crippen molar-refractivity contribution in [2.24, 2.45) is 11.8 Å². The van der Waals surface area contributed by atoms with Gasteiger partial charge in [-0.1, -0.05) is 17.7 Å². The largest absolute Gasteiger partial charge is 0.481 e. The van der Waals surface area contributed by atoms with Gasteiger partial charge in [-0.25, -0.2) is 0 Å². The first kappa shape index (κ1) is 13.2. The fraction of sp³-hybridized carbons (Fsp3) is 0.500. The topological polar surface area (TPSA) is 57.6 Å². The van der Waals surface area contributed by atoms with E-state index in [4.69, 9.17) is 5.11 Å². The van der Waals surface area contributed by atoms with Crippen LogP contribution in [0, 0.1) is 18.8 Å². The molecule has 0 spiro atoms. The number of rotatable bonds is 2. The van der Waals surface area contributed by atoms with Crippen LogP contribution in [0.1, 0.15) is 30.4 Å². The Balaban J connectivity index is 1.76. The Morgan fingerprint density at radius 1 is 1.25 bits per heavy atom. The van der Waals surface area contributed by atoms with Crippen LogP contribution in [-0.2, 0) is 16.0 Å². The minimum Gasteiger partial charge on any atom is -0.481 e. The number of benzene rings is 1. The molecule has 4 nitrogen and oxygen atoms in total. The average Bonchev–Trinajstić information content (AvgIpc) is 3.04. The number of carboxylic acid groups (broad SMARTS) is 1. The highest BCUT2D eigenvalue weighted by Crippen LogP contribution is 2.36. The summed E-state index contributed by atoms with van der Waals surface area (Å²) in [5.74, 6) is -1.12. The van der Waals surface area contributed by atoms with Crippen molar-refractivity contribution in [3.05, 3.63) is 29.3 Å². The summed E-state index contributed by atoms with van der Waals surface area (Å²) in [6, 6.07) is 6.18. The second-order valence-electron chi connectivity index (χ2n) is 5.92. The van der Waals surface area contributed by atoms with Gasteiger partial charge >= 0.3 is 5.97 Å². The smallest absolute Gasteiger partial charge is 0.306 e. The van der Waals surface area contributed by atoms with Crippen molar-refractivity contribution in [3.63, 3.8) is 0 Å². The van der Waals surface area contributed by atoms with Crippen LogP contribution in [-0.4, -0.2) is 23.5 Å². The van der Waals surface area contributed by atoms with Crippen molar-refractivity contribution in [1.82, 2.24) is 0 Å². The van der Waals surface area contributed by atoms with E-state index < -0.39 is 5.97 Å². The van der Waals surface area contributed by atoms with E-state index in [1.807, 2.05) is 17.0 Å². The summed E-state index contributed by atoms with van der Waals surface area (Å²) < 4.78 is 0. The molecule has 0 bridgehead atoms. The molecule has 0 unspecified atom stereocenters. The number of hydrogen-bond donors (Lipinski definition) is 1. The van der Waals surface area contributed by atoms with Crippen molar-refractivity contribution in [2.45, 2.75) is 32.6 Å². The molecule has 20 heavy (non-hydrogen) atoms. The molecule has 4 heteroatoms. The van der Waals surface area contributed by atoms with Crippen molar-refractivity contribution in [1.29, 1.82) is 0 Å². The van der Waals surface area contributed by atoms with Crippen LogP contribution in [0.3, 0.4) is 0 Å². The minimum absolute atomic E-state index is 0.108. The van der Waals surface area contributed by atoms with Gasteiger partial charge in [0, 0.05) is 18.2 Å².